The number of hydrogen-bond acceptors (Lipinski definition) is 4. The topological polar surface area (TPSA) is 72.4 Å². The van der Waals surface area contributed by atoms with Gasteiger partial charge in [-0.3, -0.25) is 10.1 Å². The third-order valence-corrected chi connectivity index (χ3v) is 3.75. The Balaban J connectivity index is 2.25. The predicted molar refractivity (Wildman–Crippen MR) is 72.0 cm³/mol. The summed E-state index contributed by atoms with van der Waals surface area (Å²) in [4.78, 5) is 11.9. The van der Waals surface area contributed by atoms with Crippen LogP contribution in [0.15, 0.2) is 18.2 Å². The first kappa shape index (κ1) is 14.6. The molecule has 2 N–H and O–H groups in total. The van der Waals surface area contributed by atoms with Crippen molar-refractivity contribution < 1.29 is 13.7 Å². The van der Waals surface area contributed by atoms with Crippen LogP contribution in [0.25, 0.3) is 0 Å². The van der Waals surface area contributed by atoms with E-state index in [0.29, 0.717) is 31.2 Å². The molecule has 110 valence electrons. The van der Waals surface area contributed by atoms with Gasteiger partial charge in [-0.1, -0.05) is 0 Å². The molecule has 0 aromatic heterocycles. The first-order chi connectivity index (χ1) is 9.52. The van der Waals surface area contributed by atoms with Crippen molar-refractivity contribution in [3.05, 3.63) is 33.9 Å². The van der Waals surface area contributed by atoms with Crippen LogP contribution in [0.5, 0.6) is 0 Å². The van der Waals surface area contributed by atoms with Crippen LogP contribution in [0, 0.1) is 16.0 Å². The van der Waals surface area contributed by atoms with Gasteiger partial charge in [0.2, 0.25) is 0 Å². The molecule has 1 aromatic rings. The lowest BCUT2D eigenvalue weighted by atomic mass is 9.96. The molecule has 1 aliphatic rings. The Morgan fingerprint density at radius 2 is 2.05 bits per heavy atom. The molecule has 1 heterocycles. The van der Waals surface area contributed by atoms with Gasteiger partial charge in [-0.25, -0.2) is 8.78 Å². The van der Waals surface area contributed by atoms with Crippen molar-refractivity contribution in [3.63, 3.8) is 0 Å². The van der Waals surface area contributed by atoms with Gasteiger partial charge in [-0.2, -0.15) is 0 Å². The minimum Gasteiger partial charge on any atom is -0.371 e. The monoisotopic (exact) mass is 285 g/mol. The number of nitro benzene ring substituents is 1. The molecular weight excluding hydrogens is 268 g/mol. The number of halogens is 2. The highest BCUT2D eigenvalue weighted by atomic mass is 19.3. The molecule has 5 nitrogen and oxygen atoms in total. The van der Waals surface area contributed by atoms with E-state index in [2.05, 4.69) is 0 Å². The summed E-state index contributed by atoms with van der Waals surface area (Å²) < 4.78 is 26.2. The first-order valence-corrected chi connectivity index (χ1v) is 6.54. The molecule has 1 fully saturated rings. The van der Waals surface area contributed by atoms with Crippen molar-refractivity contribution in [3.8, 4) is 0 Å². The van der Waals surface area contributed by atoms with Crippen molar-refractivity contribution in [1.29, 1.82) is 0 Å². The Kier molecular flexibility index (Phi) is 4.49. The highest BCUT2D eigenvalue weighted by Crippen LogP contribution is 2.34. The lowest BCUT2D eigenvalue weighted by molar-refractivity contribution is -0.385. The number of nitrogens with zero attached hydrogens (tertiary/aromatic N) is 2. The van der Waals surface area contributed by atoms with Crippen LogP contribution in [0.3, 0.4) is 0 Å². The number of anilines is 1. The largest absolute Gasteiger partial charge is 0.371 e. The van der Waals surface area contributed by atoms with Crippen molar-refractivity contribution in [2.24, 2.45) is 11.7 Å². The summed E-state index contributed by atoms with van der Waals surface area (Å²) in [6, 6.07) is 3.66. The maximum atomic E-state index is 13.1. The summed E-state index contributed by atoms with van der Waals surface area (Å²) in [6.45, 7) is 1.91. The van der Waals surface area contributed by atoms with E-state index in [1.165, 1.54) is 12.1 Å². The predicted octanol–water partition coefficient (Wildman–Crippen LogP) is 2.71. The quantitative estimate of drug-likeness (QED) is 0.682. The smallest absolute Gasteiger partial charge is 0.270 e. The number of nitro groups is 1. The molecule has 7 heteroatoms. The maximum absolute atomic E-state index is 13.1. The maximum Gasteiger partial charge on any atom is 0.270 e. The molecule has 1 saturated heterocycles. The van der Waals surface area contributed by atoms with Gasteiger partial charge in [0, 0.05) is 36.5 Å². The molecule has 0 atom stereocenters. The average molecular weight is 285 g/mol. The van der Waals surface area contributed by atoms with Crippen LogP contribution in [0.4, 0.5) is 20.2 Å². The Bertz CT molecular complexity index is 489. The molecule has 0 spiro atoms. The summed E-state index contributed by atoms with van der Waals surface area (Å²) in [5, 5.41) is 10.7. The summed E-state index contributed by atoms with van der Waals surface area (Å²) in [5.74, 6) is 0.430. The fourth-order valence-electron chi connectivity index (χ4n) is 2.53. The summed E-state index contributed by atoms with van der Waals surface area (Å²) >= 11 is 0. The Hall–Kier alpha value is -1.76. The zero-order chi connectivity index (χ0) is 14.7. The van der Waals surface area contributed by atoms with Crippen LogP contribution >= 0.6 is 0 Å². The van der Waals surface area contributed by atoms with E-state index in [1.54, 1.807) is 0 Å². The van der Waals surface area contributed by atoms with E-state index in [-0.39, 0.29) is 11.3 Å². The average Bonchev–Trinajstić information content (AvgIpc) is 2.46. The van der Waals surface area contributed by atoms with Crippen molar-refractivity contribution >= 4 is 11.4 Å². The van der Waals surface area contributed by atoms with Gasteiger partial charge in [0.25, 0.3) is 12.1 Å². The first-order valence-electron chi connectivity index (χ1n) is 6.54. The second-order valence-corrected chi connectivity index (χ2v) is 4.97. The second kappa shape index (κ2) is 6.13. The van der Waals surface area contributed by atoms with E-state index >= 15 is 0 Å². The molecule has 2 rings (SSSR count). The molecule has 0 saturated carbocycles. The Morgan fingerprint density at radius 3 is 2.55 bits per heavy atom. The van der Waals surface area contributed by atoms with Crippen LogP contribution in [0.2, 0.25) is 0 Å². The van der Waals surface area contributed by atoms with Gasteiger partial charge >= 0.3 is 0 Å². The van der Waals surface area contributed by atoms with E-state index in [0.717, 1.165) is 18.9 Å². The number of non-ortho nitro benzene ring substituents is 1. The van der Waals surface area contributed by atoms with E-state index in [4.69, 9.17) is 5.73 Å². The number of piperidine rings is 1. The van der Waals surface area contributed by atoms with Gasteiger partial charge in [0.05, 0.1) is 4.92 Å². The number of alkyl halides is 2. The van der Waals surface area contributed by atoms with Gasteiger partial charge in [0.1, 0.15) is 0 Å². The van der Waals surface area contributed by atoms with Gasteiger partial charge < -0.3 is 10.6 Å². The molecule has 0 unspecified atom stereocenters. The third kappa shape index (κ3) is 3.04. The highest BCUT2D eigenvalue weighted by molar-refractivity contribution is 5.58. The van der Waals surface area contributed by atoms with Crippen molar-refractivity contribution in [2.75, 3.05) is 24.5 Å². The van der Waals surface area contributed by atoms with E-state index < -0.39 is 11.3 Å². The zero-order valence-electron chi connectivity index (χ0n) is 11.0. The molecule has 0 aliphatic carbocycles. The molecule has 1 aromatic carbocycles. The van der Waals surface area contributed by atoms with Gasteiger partial charge in [-0.05, 0) is 31.4 Å². The molecular formula is C13H17F2N3O2. The van der Waals surface area contributed by atoms with Crippen LogP contribution in [-0.4, -0.2) is 24.6 Å². The number of benzene rings is 1. The minimum absolute atomic E-state index is 0.273. The molecule has 0 radical (unpaired) electrons. The summed E-state index contributed by atoms with van der Waals surface area (Å²) in [6.07, 6.45) is -1.01. The number of nitrogens with two attached hydrogens (primary N) is 1. The van der Waals surface area contributed by atoms with E-state index in [1.807, 2.05) is 4.90 Å². The Morgan fingerprint density at radius 1 is 1.40 bits per heavy atom. The molecule has 1 aliphatic heterocycles. The minimum atomic E-state index is -2.72. The summed E-state index contributed by atoms with van der Waals surface area (Å²) in [7, 11) is 0. The van der Waals surface area contributed by atoms with E-state index in [9.17, 15) is 18.9 Å². The Labute approximate surface area is 115 Å². The third-order valence-electron chi connectivity index (χ3n) is 3.75. The van der Waals surface area contributed by atoms with Crippen LogP contribution < -0.4 is 10.6 Å². The molecule has 0 bridgehead atoms. The molecule has 0 amide bonds. The SMILES string of the molecule is NCC1CCN(c2ccc([N+](=O)[O-])cc2C(F)F)CC1. The number of rotatable bonds is 4. The fourth-order valence-corrected chi connectivity index (χ4v) is 2.53. The standard InChI is InChI=1S/C13H17F2N3O2/c14-13(15)11-7-10(18(19)20)1-2-12(11)17-5-3-9(8-16)4-6-17/h1-2,7,9,13H,3-6,8,16H2. The highest BCUT2D eigenvalue weighted by Gasteiger charge is 2.24. The normalized spacial score (nSPS) is 16.7. The second-order valence-electron chi connectivity index (χ2n) is 4.97. The van der Waals surface area contributed by atoms with Crippen LogP contribution in [-0.2, 0) is 0 Å². The van der Waals surface area contributed by atoms with Crippen molar-refractivity contribution in [1.82, 2.24) is 0 Å². The fraction of sp³-hybridized carbons (Fsp3) is 0.538. The van der Waals surface area contributed by atoms with Crippen molar-refractivity contribution in [2.45, 2.75) is 19.3 Å². The zero-order valence-corrected chi connectivity index (χ0v) is 11.0. The molecule has 20 heavy (non-hydrogen) atoms. The lowest BCUT2D eigenvalue weighted by Crippen LogP contribution is -2.36. The summed E-state index contributed by atoms with van der Waals surface area (Å²) in [5.41, 5.74) is 5.42. The lowest BCUT2D eigenvalue weighted by Gasteiger charge is -2.34. The van der Waals surface area contributed by atoms with Gasteiger partial charge in [0.15, 0.2) is 0 Å². The number of hydrogen-bond donors (Lipinski definition) is 1. The van der Waals surface area contributed by atoms with Gasteiger partial charge in [-0.15, -0.1) is 0 Å². The van der Waals surface area contributed by atoms with Crippen LogP contribution in [0.1, 0.15) is 24.8 Å².